The van der Waals surface area contributed by atoms with Crippen LogP contribution in [-0.2, 0) is 4.84 Å². The summed E-state index contributed by atoms with van der Waals surface area (Å²) < 4.78 is 0. The fourth-order valence-electron chi connectivity index (χ4n) is 1.53. The van der Waals surface area contributed by atoms with E-state index >= 15 is 0 Å². The number of halogens is 1. The fraction of sp³-hybridized carbons (Fsp3) is 0.250. The molecule has 0 saturated carbocycles. The molecule has 0 radical (unpaired) electrons. The Morgan fingerprint density at radius 2 is 2.00 bits per heavy atom. The van der Waals surface area contributed by atoms with Gasteiger partial charge in [-0.2, -0.15) is 0 Å². The summed E-state index contributed by atoms with van der Waals surface area (Å²) >= 11 is 5.65. The lowest BCUT2D eigenvalue weighted by Gasteiger charge is -1.92. The molecule has 6 heteroatoms. The van der Waals surface area contributed by atoms with Gasteiger partial charge in [0.1, 0.15) is 6.61 Å². The first-order valence-electron chi connectivity index (χ1n) is 5.38. The minimum Gasteiger partial charge on any atom is -0.395 e. The second-order valence-corrected chi connectivity index (χ2v) is 4.32. The number of hydrogen-bond acceptors (Lipinski definition) is 4. The van der Waals surface area contributed by atoms with Gasteiger partial charge in [-0.05, 0) is 25.1 Å². The third kappa shape index (κ3) is 2.68. The maximum Gasteiger partial charge on any atom is 0.258 e. The van der Waals surface area contributed by atoms with E-state index in [4.69, 9.17) is 11.6 Å². The van der Waals surface area contributed by atoms with E-state index in [1.807, 2.05) is 6.92 Å². The van der Waals surface area contributed by atoms with Crippen LogP contribution >= 0.6 is 11.6 Å². The zero-order chi connectivity index (χ0) is 13.1. The number of amides is 2. The molecule has 94 valence electrons. The average molecular weight is 267 g/mol. The minimum absolute atomic E-state index is 0.354. The van der Waals surface area contributed by atoms with E-state index in [0.717, 1.165) is 18.7 Å². The van der Waals surface area contributed by atoms with Gasteiger partial charge in [-0.3, -0.25) is 14.9 Å². The lowest BCUT2D eigenvalue weighted by Crippen LogP contribution is -2.19. The van der Waals surface area contributed by atoms with Crippen molar-refractivity contribution in [3.05, 3.63) is 34.3 Å². The molecule has 0 unspecified atom stereocenters. The molecule has 0 fully saturated rings. The molecule has 2 aliphatic heterocycles. The second-order valence-electron chi connectivity index (χ2n) is 3.88. The van der Waals surface area contributed by atoms with Crippen LogP contribution in [0.3, 0.4) is 0 Å². The molecule has 2 aliphatic rings. The Morgan fingerprint density at radius 1 is 1.28 bits per heavy atom. The summed E-state index contributed by atoms with van der Waals surface area (Å²) in [5.41, 5.74) is 1.85. The van der Waals surface area contributed by atoms with Gasteiger partial charge in [-0.1, -0.05) is 16.8 Å². The molecule has 0 bridgehead atoms. The van der Waals surface area contributed by atoms with Crippen molar-refractivity contribution in [2.75, 3.05) is 6.61 Å². The van der Waals surface area contributed by atoms with Crippen molar-refractivity contribution >= 4 is 29.1 Å². The van der Waals surface area contributed by atoms with Gasteiger partial charge in [0.15, 0.2) is 0 Å². The Morgan fingerprint density at radius 3 is 2.56 bits per heavy atom. The molecule has 0 spiro atoms. The van der Waals surface area contributed by atoms with Crippen molar-refractivity contribution in [1.82, 2.24) is 5.32 Å². The zero-order valence-corrected chi connectivity index (χ0v) is 10.5. The number of nitrogens with zero attached hydrogens (tertiary/aromatic N) is 1. The monoisotopic (exact) mass is 266 g/mol. The van der Waals surface area contributed by atoms with Crippen LogP contribution in [0.2, 0.25) is 5.02 Å². The summed E-state index contributed by atoms with van der Waals surface area (Å²) in [7, 11) is 0. The number of imide groups is 1. The maximum atomic E-state index is 11.0. The van der Waals surface area contributed by atoms with Crippen molar-refractivity contribution in [2.45, 2.75) is 13.3 Å². The lowest BCUT2D eigenvalue weighted by molar-refractivity contribution is 0.0879. The molecule has 2 heterocycles. The normalized spacial score (nSPS) is 16.2. The number of carbonyl (C=O) groups is 2. The van der Waals surface area contributed by atoms with Gasteiger partial charge in [0, 0.05) is 11.4 Å². The molecular weight excluding hydrogens is 256 g/mol. The molecule has 5 nitrogen and oxygen atoms in total. The number of oxime groups is 1. The van der Waals surface area contributed by atoms with Gasteiger partial charge in [0.2, 0.25) is 0 Å². The summed E-state index contributed by atoms with van der Waals surface area (Å²) in [5.74, 6) is -0.732. The topological polar surface area (TPSA) is 67.8 Å². The van der Waals surface area contributed by atoms with Gasteiger partial charge >= 0.3 is 0 Å². The van der Waals surface area contributed by atoms with Crippen molar-refractivity contribution in [3.63, 3.8) is 0 Å². The minimum atomic E-state index is -0.377. The van der Waals surface area contributed by atoms with E-state index in [1.54, 1.807) is 6.07 Å². The summed E-state index contributed by atoms with van der Waals surface area (Å²) in [5, 5.41) is 6.28. The molecule has 18 heavy (non-hydrogen) atoms. The number of carbonyl (C=O) groups excluding carboxylic acids is 2. The molecule has 0 aromatic heterocycles. The molecule has 1 aromatic rings. The highest BCUT2D eigenvalue weighted by Gasteiger charge is 2.26. The van der Waals surface area contributed by atoms with Gasteiger partial charge in [0.25, 0.3) is 11.8 Å². The smallest absolute Gasteiger partial charge is 0.258 e. The van der Waals surface area contributed by atoms with Crippen LogP contribution in [0.15, 0.2) is 23.4 Å². The third-order valence-corrected chi connectivity index (χ3v) is 2.71. The lowest BCUT2D eigenvalue weighted by atomic mass is 10.1. The molecule has 1 aromatic carbocycles. The first kappa shape index (κ1) is 12.6. The number of benzene rings is 1. The standard InChI is InChI=1S/C8H4ClNO2.C4H7NO/c9-4-1-2-5-6(3-4)8(12)10-7(5)11;1-4-2-3-6-5-4/h1-3H,(H,10,11,12);2-3H2,1H3. The number of fused-ring (bicyclic) bond motifs is 1. The van der Waals surface area contributed by atoms with E-state index in [1.165, 1.54) is 12.1 Å². The Labute approximate surface area is 109 Å². The van der Waals surface area contributed by atoms with Crippen LogP contribution in [0.4, 0.5) is 0 Å². The maximum absolute atomic E-state index is 11.0. The van der Waals surface area contributed by atoms with Gasteiger partial charge in [-0.15, -0.1) is 0 Å². The van der Waals surface area contributed by atoms with Crippen LogP contribution < -0.4 is 5.32 Å². The molecule has 0 atom stereocenters. The van der Waals surface area contributed by atoms with Crippen molar-refractivity contribution < 1.29 is 14.4 Å². The Kier molecular flexibility index (Phi) is 3.62. The molecule has 0 aliphatic carbocycles. The number of hydrogen-bond donors (Lipinski definition) is 1. The van der Waals surface area contributed by atoms with Crippen LogP contribution in [0.5, 0.6) is 0 Å². The van der Waals surface area contributed by atoms with Crippen LogP contribution in [0.25, 0.3) is 0 Å². The third-order valence-electron chi connectivity index (χ3n) is 2.47. The average Bonchev–Trinajstić information content (AvgIpc) is 2.89. The van der Waals surface area contributed by atoms with E-state index in [-0.39, 0.29) is 11.8 Å². The zero-order valence-electron chi connectivity index (χ0n) is 9.70. The van der Waals surface area contributed by atoms with Crippen LogP contribution in [0, 0.1) is 0 Å². The SMILES string of the molecule is CC1=NOCC1.O=C1NC(=O)c2cc(Cl)ccc21. The van der Waals surface area contributed by atoms with E-state index in [9.17, 15) is 9.59 Å². The Bertz CT molecular complexity index is 540. The van der Waals surface area contributed by atoms with Gasteiger partial charge in [-0.25, -0.2) is 0 Å². The molecule has 1 N–H and O–H groups in total. The summed E-state index contributed by atoms with van der Waals surface area (Å²) in [6.45, 7) is 2.75. The van der Waals surface area contributed by atoms with Crippen molar-refractivity contribution in [2.24, 2.45) is 5.16 Å². The summed E-state index contributed by atoms with van der Waals surface area (Å²) in [6.07, 6.45) is 1.01. The molecule has 3 rings (SSSR count). The first-order chi connectivity index (χ1) is 8.58. The Balaban J connectivity index is 0.000000169. The quantitative estimate of drug-likeness (QED) is 0.731. The van der Waals surface area contributed by atoms with Crippen molar-refractivity contribution in [1.29, 1.82) is 0 Å². The van der Waals surface area contributed by atoms with E-state index in [2.05, 4.69) is 15.3 Å². The largest absolute Gasteiger partial charge is 0.395 e. The van der Waals surface area contributed by atoms with Crippen LogP contribution in [0.1, 0.15) is 34.1 Å². The van der Waals surface area contributed by atoms with Crippen molar-refractivity contribution in [3.8, 4) is 0 Å². The predicted molar refractivity (Wildman–Crippen MR) is 66.9 cm³/mol. The van der Waals surface area contributed by atoms with Gasteiger partial charge < -0.3 is 4.84 Å². The second kappa shape index (κ2) is 5.18. The highest BCUT2D eigenvalue weighted by Crippen LogP contribution is 2.19. The summed E-state index contributed by atoms with van der Waals surface area (Å²) in [6, 6.07) is 4.60. The molecule has 0 saturated heterocycles. The van der Waals surface area contributed by atoms with E-state index < -0.39 is 0 Å². The number of nitrogens with one attached hydrogen (secondary N) is 1. The molecular formula is C12H11ClN2O3. The summed E-state index contributed by atoms with van der Waals surface area (Å²) in [4.78, 5) is 26.7. The molecule has 2 amide bonds. The first-order valence-corrected chi connectivity index (χ1v) is 5.76. The highest BCUT2D eigenvalue weighted by molar-refractivity contribution is 6.32. The predicted octanol–water partition coefficient (Wildman–Crippen LogP) is 2.01. The van der Waals surface area contributed by atoms with Crippen LogP contribution in [-0.4, -0.2) is 24.1 Å². The van der Waals surface area contributed by atoms with E-state index in [0.29, 0.717) is 16.1 Å². The van der Waals surface area contributed by atoms with Gasteiger partial charge in [0.05, 0.1) is 16.8 Å². The highest BCUT2D eigenvalue weighted by atomic mass is 35.5. The number of rotatable bonds is 0. The Hall–Kier alpha value is -1.88. The fourth-order valence-corrected chi connectivity index (χ4v) is 1.71.